The number of hydrogen-bond donors (Lipinski definition) is 1. The summed E-state index contributed by atoms with van der Waals surface area (Å²) in [5.74, 6) is 0.619. The van der Waals surface area contributed by atoms with E-state index in [1.165, 1.54) is 0 Å². The van der Waals surface area contributed by atoms with Crippen LogP contribution in [-0.4, -0.2) is 24.3 Å². The number of hydrogen-bond acceptors (Lipinski definition) is 4. The SMILES string of the molecule is Cc1ccc(OCC(C)COc2cccc(CCC(=O)O)c2)c(C#N)c1. The number of carbonyl (C=O) groups is 1. The van der Waals surface area contributed by atoms with Crippen molar-refractivity contribution in [3.05, 3.63) is 59.2 Å². The van der Waals surface area contributed by atoms with E-state index in [1.54, 1.807) is 6.07 Å². The minimum Gasteiger partial charge on any atom is -0.493 e. The second-order valence-electron chi connectivity index (χ2n) is 6.38. The van der Waals surface area contributed by atoms with Crippen molar-refractivity contribution in [2.45, 2.75) is 26.7 Å². The predicted octanol–water partition coefficient (Wildman–Crippen LogP) is 3.98. The predicted molar refractivity (Wildman–Crippen MR) is 98.4 cm³/mol. The fraction of sp³-hybridized carbons (Fsp3) is 0.333. The topological polar surface area (TPSA) is 79.6 Å². The highest BCUT2D eigenvalue weighted by atomic mass is 16.5. The van der Waals surface area contributed by atoms with Crippen LogP contribution in [0.15, 0.2) is 42.5 Å². The third-order valence-electron chi connectivity index (χ3n) is 3.84. The molecule has 0 fully saturated rings. The van der Waals surface area contributed by atoms with Gasteiger partial charge < -0.3 is 14.6 Å². The van der Waals surface area contributed by atoms with Gasteiger partial charge in [-0.05, 0) is 48.7 Å². The summed E-state index contributed by atoms with van der Waals surface area (Å²) in [6, 6.07) is 15.2. The molecule has 0 heterocycles. The van der Waals surface area contributed by atoms with Crippen LogP contribution in [0.4, 0.5) is 0 Å². The highest BCUT2D eigenvalue weighted by Gasteiger charge is 2.09. The molecule has 2 rings (SSSR count). The van der Waals surface area contributed by atoms with Gasteiger partial charge in [0, 0.05) is 12.3 Å². The van der Waals surface area contributed by atoms with Gasteiger partial charge in [-0.3, -0.25) is 4.79 Å². The summed E-state index contributed by atoms with van der Waals surface area (Å²) in [7, 11) is 0. The summed E-state index contributed by atoms with van der Waals surface area (Å²) in [4.78, 5) is 10.7. The Labute approximate surface area is 153 Å². The van der Waals surface area contributed by atoms with Gasteiger partial charge >= 0.3 is 5.97 Å². The molecule has 0 radical (unpaired) electrons. The van der Waals surface area contributed by atoms with Crippen LogP contribution in [0, 0.1) is 24.2 Å². The lowest BCUT2D eigenvalue weighted by atomic mass is 10.1. The summed E-state index contributed by atoms with van der Waals surface area (Å²) in [5.41, 5.74) is 2.49. The molecule has 1 atom stereocenters. The number of benzene rings is 2. The highest BCUT2D eigenvalue weighted by Crippen LogP contribution is 2.20. The van der Waals surface area contributed by atoms with Gasteiger partial charge in [0.1, 0.15) is 17.6 Å². The Hall–Kier alpha value is -3.00. The van der Waals surface area contributed by atoms with E-state index in [2.05, 4.69) is 6.07 Å². The number of aliphatic carboxylic acids is 1. The number of nitriles is 1. The minimum absolute atomic E-state index is 0.103. The molecule has 136 valence electrons. The second kappa shape index (κ2) is 9.47. The second-order valence-corrected chi connectivity index (χ2v) is 6.38. The van der Waals surface area contributed by atoms with E-state index in [0.29, 0.717) is 36.7 Å². The van der Waals surface area contributed by atoms with Crippen molar-refractivity contribution in [2.75, 3.05) is 13.2 Å². The van der Waals surface area contributed by atoms with Gasteiger partial charge in [0.25, 0.3) is 0 Å². The molecule has 2 aromatic rings. The lowest BCUT2D eigenvalue weighted by Crippen LogP contribution is -2.17. The van der Waals surface area contributed by atoms with Gasteiger partial charge in [0.2, 0.25) is 0 Å². The van der Waals surface area contributed by atoms with E-state index < -0.39 is 5.97 Å². The Balaban J connectivity index is 1.84. The Morgan fingerprint density at radius 2 is 1.96 bits per heavy atom. The molecular weight excluding hydrogens is 330 g/mol. The van der Waals surface area contributed by atoms with Crippen LogP contribution >= 0.6 is 0 Å². The molecule has 5 nitrogen and oxygen atoms in total. The van der Waals surface area contributed by atoms with Crippen molar-refractivity contribution in [3.8, 4) is 17.6 Å². The average molecular weight is 353 g/mol. The highest BCUT2D eigenvalue weighted by molar-refractivity contribution is 5.67. The smallest absolute Gasteiger partial charge is 0.303 e. The molecule has 0 aliphatic carbocycles. The number of carboxylic acids is 1. The quantitative estimate of drug-likeness (QED) is 0.738. The zero-order valence-electron chi connectivity index (χ0n) is 15.1. The van der Waals surface area contributed by atoms with Gasteiger partial charge in [0.15, 0.2) is 0 Å². The van der Waals surface area contributed by atoms with Crippen LogP contribution in [0.25, 0.3) is 0 Å². The first kappa shape index (κ1) is 19.3. The van der Waals surface area contributed by atoms with Crippen molar-refractivity contribution in [1.82, 2.24) is 0 Å². The van der Waals surface area contributed by atoms with Crippen LogP contribution in [0.1, 0.15) is 30.0 Å². The number of nitrogens with zero attached hydrogens (tertiary/aromatic N) is 1. The van der Waals surface area contributed by atoms with E-state index in [-0.39, 0.29) is 12.3 Å². The maximum atomic E-state index is 10.7. The molecule has 1 N–H and O–H groups in total. The molecule has 0 saturated heterocycles. The summed E-state index contributed by atoms with van der Waals surface area (Å²) < 4.78 is 11.5. The van der Waals surface area contributed by atoms with Gasteiger partial charge in [-0.15, -0.1) is 0 Å². The van der Waals surface area contributed by atoms with Gasteiger partial charge in [-0.1, -0.05) is 25.1 Å². The van der Waals surface area contributed by atoms with Crippen LogP contribution in [0.3, 0.4) is 0 Å². The summed E-state index contributed by atoms with van der Waals surface area (Å²) in [5, 5.41) is 17.9. The van der Waals surface area contributed by atoms with E-state index in [0.717, 1.165) is 11.1 Å². The Kier molecular flexibility index (Phi) is 7.04. The molecule has 0 spiro atoms. The first-order chi connectivity index (χ1) is 12.5. The van der Waals surface area contributed by atoms with Crippen molar-refractivity contribution in [2.24, 2.45) is 5.92 Å². The molecule has 0 aliphatic rings. The molecule has 26 heavy (non-hydrogen) atoms. The van der Waals surface area contributed by atoms with Gasteiger partial charge in [-0.2, -0.15) is 5.26 Å². The fourth-order valence-electron chi connectivity index (χ4n) is 2.42. The van der Waals surface area contributed by atoms with E-state index in [9.17, 15) is 10.1 Å². The van der Waals surface area contributed by atoms with Crippen molar-refractivity contribution in [3.63, 3.8) is 0 Å². The Morgan fingerprint density at radius 1 is 1.19 bits per heavy atom. The molecule has 0 bridgehead atoms. The molecule has 2 aromatic carbocycles. The van der Waals surface area contributed by atoms with E-state index >= 15 is 0 Å². The number of ether oxygens (including phenoxy) is 2. The summed E-state index contributed by atoms with van der Waals surface area (Å²) >= 11 is 0. The van der Waals surface area contributed by atoms with Crippen molar-refractivity contribution < 1.29 is 19.4 Å². The average Bonchev–Trinajstić information content (AvgIpc) is 2.64. The zero-order chi connectivity index (χ0) is 18.9. The van der Waals surface area contributed by atoms with Crippen LogP contribution in [0.5, 0.6) is 11.5 Å². The maximum absolute atomic E-state index is 10.7. The van der Waals surface area contributed by atoms with Crippen LogP contribution < -0.4 is 9.47 Å². The van der Waals surface area contributed by atoms with Crippen molar-refractivity contribution in [1.29, 1.82) is 5.26 Å². The third-order valence-corrected chi connectivity index (χ3v) is 3.84. The number of carboxylic acid groups (broad SMARTS) is 1. The molecule has 0 aliphatic heterocycles. The number of aryl methyl sites for hydroxylation is 2. The monoisotopic (exact) mass is 353 g/mol. The lowest BCUT2D eigenvalue weighted by molar-refractivity contribution is -0.136. The normalized spacial score (nSPS) is 11.4. The lowest BCUT2D eigenvalue weighted by Gasteiger charge is -2.15. The third kappa shape index (κ3) is 6.14. The Bertz CT molecular complexity index is 795. The van der Waals surface area contributed by atoms with E-state index in [1.807, 2.05) is 50.2 Å². The van der Waals surface area contributed by atoms with Crippen molar-refractivity contribution >= 4 is 5.97 Å². The fourth-order valence-corrected chi connectivity index (χ4v) is 2.42. The standard InChI is InChI=1S/C21H23NO4/c1-15-6-8-20(18(10-15)12-22)26-14-16(2)13-25-19-5-3-4-17(11-19)7-9-21(23)24/h3-6,8,10-11,16H,7,9,13-14H2,1-2H3,(H,23,24). The molecule has 0 saturated carbocycles. The zero-order valence-corrected chi connectivity index (χ0v) is 15.1. The Morgan fingerprint density at radius 3 is 2.69 bits per heavy atom. The summed E-state index contributed by atoms with van der Waals surface area (Å²) in [6.07, 6.45) is 0.584. The maximum Gasteiger partial charge on any atom is 0.303 e. The summed E-state index contributed by atoms with van der Waals surface area (Å²) in [6.45, 7) is 4.85. The van der Waals surface area contributed by atoms with Gasteiger partial charge in [0.05, 0.1) is 18.8 Å². The first-order valence-corrected chi connectivity index (χ1v) is 8.55. The molecule has 5 heteroatoms. The van der Waals surface area contributed by atoms with Crippen LogP contribution in [-0.2, 0) is 11.2 Å². The van der Waals surface area contributed by atoms with Crippen LogP contribution in [0.2, 0.25) is 0 Å². The first-order valence-electron chi connectivity index (χ1n) is 8.55. The van der Waals surface area contributed by atoms with E-state index in [4.69, 9.17) is 14.6 Å². The molecular formula is C21H23NO4. The molecule has 1 unspecified atom stereocenters. The molecule has 0 amide bonds. The largest absolute Gasteiger partial charge is 0.493 e. The minimum atomic E-state index is -0.810. The number of rotatable bonds is 9. The van der Waals surface area contributed by atoms with Gasteiger partial charge in [-0.25, -0.2) is 0 Å². The molecule has 0 aromatic heterocycles.